The van der Waals surface area contributed by atoms with Crippen LogP contribution in [-0.2, 0) is 13.1 Å². The third-order valence-electron chi connectivity index (χ3n) is 6.04. The van der Waals surface area contributed by atoms with E-state index in [9.17, 15) is 4.79 Å². The summed E-state index contributed by atoms with van der Waals surface area (Å²) in [5.74, 6) is 0.972. The summed E-state index contributed by atoms with van der Waals surface area (Å²) in [5, 5.41) is 3.05. The molecule has 0 bridgehead atoms. The van der Waals surface area contributed by atoms with E-state index in [-0.39, 0.29) is 11.8 Å². The van der Waals surface area contributed by atoms with Crippen molar-refractivity contribution in [2.24, 2.45) is 0 Å². The van der Waals surface area contributed by atoms with Crippen LogP contribution in [0.3, 0.4) is 0 Å². The van der Waals surface area contributed by atoms with Gasteiger partial charge in [-0.3, -0.25) is 19.7 Å². The minimum atomic E-state index is -0.0869. The first-order valence-corrected chi connectivity index (χ1v) is 11.1. The number of aromatic nitrogens is 2. The Labute approximate surface area is 189 Å². The van der Waals surface area contributed by atoms with E-state index in [0.717, 1.165) is 55.2 Å². The lowest BCUT2D eigenvalue weighted by atomic mass is 9.89. The van der Waals surface area contributed by atoms with Crippen molar-refractivity contribution >= 4 is 5.91 Å². The number of methoxy groups -OCH3 is 1. The van der Waals surface area contributed by atoms with Crippen LogP contribution in [0, 0.1) is 6.92 Å². The molecule has 1 N–H and O–H groups in total. The third-order valence-corrected chi connectivity index (χ3v) is 6.04. The summed E-state index contributed by atoms with van der Waals surface area (Å²) < 4.78 is 5.40. The highest BCUT2D eigenvalue weighted by atomic mass is 16.5. The highest BCUT2D eigenvalue weighted by Crippen LogP contribution is 2.30. The van der Waals surface area contributed by atoms with Crippen molar-refractivity contribution in [1.29, 1.82) is 0 Å². The molecule has 1 aromatic carbocycles. The van der Waals surface area contributed by atoms with Gasteiger partial charge in [0.15, 0.2) is 0 Å². The van der Waals surface area contributed by atoms with Crippen molar-refractivity contribution in [2.45, 2.75) is 38.8 Å². The molecule has 1 aliphatic heterocycles. The highest BCUT2D eigenvalue weighted by molar-refractivity contribution is 5.95. The largest absolute Gasteiger partial charge is 0.496 e. The molecule has 0 unspecified atom stereocenters. The smallest absolute Gasteiger partial charge is 0.253 e. The maximum absolute atomic E-state index is 13.1. The fraction of sp³-hybridized carbons (Fsp3) is 0.346. The third kappa shape index (κ3) is 5.32. The van der Waals surface area contributed by atoms with Gasteiger partial charge in [-0.05, 0) is 62.7 Å². The van der Waals surface area contributed by atoms with Crippen LogP contribution in [0.1, 0.15) is 51.6 Å². The van der Waals surface area contributed by atoms with E-state index < -0.39 is 0 Å². The van der Waals surface area contributed by atoms with E-state index in [1.54, 1.807) is 13.3 Å². The van der Waals surface area contributed by atoms with Crippen molar-refractivity contribution < 1.29 is 9.53 Å². The normalized spacial score (nSPS) is 14.8. The molecule has 1 amide bonds. The maximum atomic E-state index is 13.1. The Bertz CT molecular complexity index is 1050. The number of piperidine rings is 1. The SMILES string of the molecule is COc1ccccc1CNC(=O)c1ccc(C)nc1C1CCN(Cc2cccnc2)CC1. The number of hydrogen-bond donors (Lipinski definition) is 1. The highest BCUT2D eigenvalue weighted by Gasteiger charge is 2.26. The van der Waals surface area contributed by atoms with Crippen molar-refractivity contribution in [3.05, 3.63) is 89.0 Å². The first-order valence-electron chi connectivity index (χ1n) is 11.1. The molecule has 1 aliphatic rings. The monoisotopic (exact) mass is 430 g/mol. The summed E-state index contributed by atoms with van der Waals surface area (Å²) in [6.07, 6.45) is 5.71. The van der Waals surface area contributed by atoms with Gasteiger partial charge in [0.25, 0.3) is 5.91 Å². The number of pyridine rings is 2. The molecule has 3 aromatic rings. The fourth-order valence-electron chi connectivity index (χ4n) is 4.31. The standard InChI is InChI=1S/C26H30N4O2/c1-19-9-10-23(26(31)28-17-22-7-3-4-8-24(22)32-2)25(29-19)21-11-14-30(15-12-21)18-20-6-5-13-27-16-20/h3-10,13,16,21H,11-12,14-15,17-18H2,1-2H3,(H,28,31). The Hall–Kier alpha value is -3.25. The van der Waals surface area contributed by atoms with Gasteiger partial charge in [0.2, 0.25) is 0 Å². The van der Waals surface area contributed by atoms with Crippen molar-refractivity contribution in [1.82, 2.24) is 20.2 Å². The van der Waals surface area contributed by atoms with Crippen LogP contribution in [0.2, 0.25) is 0 Å². The second-order valence-electron chi connectivity index (χ2n) is 8.29. The lowest BCUT2D eigenvalue weighted by molar-refractivity contribution is 0.0947. The van der Waals surface area contributed by atoms with Crippen molar-refractivity contribution in [3.8, 4) is 5.75 Å². The van der Waals surface area contributed by atoms with Crippen molar-refractivity contribution in [3.63, 3.8) is 0 Å². The minimum absolute atomic E-state index is 0.0869. The fourth-order valence-corrected chi connectivity index (χ4v) is 4.31. The van der Waals surface area contributed by atoms with Crippen LogP contribution in [0.25, 0.3) is 0 Å². The lowest BCUT2D eigenvalue weighted by Crippen LogP contribution is -2.34. The summed E-state index contributed by atoms with van der Waals surface area (Å²) in [6.45, 7) is 5.28. The molecule has 0 saturated carbocycles. The number of benzene rings is 1. The average molecular weight is 431 g/mol. The van der Waals surface area contributed by atoms with E-state index in [0.29, 0.717) is 12.1 Å². The molecule has 6 heteroatoms. The predicted molar refractivity (Wildman–Crippen MR) is 125 cm³/mol. The summed E-state index contributed by atoms with van der Waals surface area (Å²) in [4.78, 5) is 24.6. The number of hydrogen-bond acceptors (Lipinski definition) is 5. The molecule has 6 nitrogen and oxygen atoms in total. The Kier molecular flexibility index (Phi) is 7.12. The maximum Gasteiger partial charge on any atom is 0.253 e. The number of amides is 1. The van der Waals surface area contributed by atoms with Gasteiger partial charge < -0.3 is 10.1 Å². The molecule has 0 aliphatic carbocycles. The first kappa shape index (κ1) is 22.0. The van der Waals surface area contributed by atoms with Gasteiger partial charge in [-0.1, -0.05) is 24.3 Å². The van der Waals surface area contributed by atoms with E-state index in [1.165, 1.54) is 5.56 Å². The molecule has 166 valence electrons. The summed E-state index contributed by atoms with van der Waals surface area (Å²) in [6, 6.07) is 15.7. The summed E-state index contributed by atoms with van der Waals surface area (Å²) >= 11 is 0. The molecule has 0 radical (unpaired) electrons. The van der Waals surface area contributed by atoms with E-state index in [2.05, 4.69) is 21.3 Å². The van der Waals surface area contributed by atoms with Gasteiger partial charge in [-0.25, -0.2) is 0 Å². The molecule has 32 heavy (non-hydrogen) atoms. The average Bonchev–Trinajstić information content (AvgIpc) is 2.84. The number of likely N-dealkylation sites (tertiary alicyclic amines) is 1. The second-order valence-corrected chi connectivity index (χ2v) is 8.29. The number of carbonyl (C=O) groups is 1. The second kappa shape index (κ2) is 10.4. The van der Waals surface area contributed by atoms with Crippen LogP contribution in [-0.4, -0.2) is 41.0 Å². The molecule has 1 fully saturated rings. The van der Waals surface area contributed by atoms with Gasteiger partial charge >= 0.3 is 0 Å². The van der Waals surface area contributed by atoms with Crippen LogP contribution in [0.4, 0.5) is 0 Å². The van der Waals surface area contributed by atoms with Gasteiger partial charge in [0.1, 0.15) is 5.75 Å². The quantitative estimate of drug-likeness (QED) is 0.611. The number of nitrogens with one attached hydrogen (secondary N) is 1. The summed E-state index contributed by atoms with van der Waals surface area (Å²) in [7, 11) is 1.64. The molecule has 1 saturated heterocycles. The zero-order chi connectivity index (χ0) is 22.3. The molecule has 2 aromatic heterocycles. The number of nitrogens with zero attached hydrogens (tertiary/aromatic N) is 3. The zero-order valence-corrected chi connectivity index (χ0v) is 18.8. The van der Waals surface area contributed by atoms with Crippen LogP contribution >= 0.6 is 0 Å². The Balaban J connectivity index is 1.42. The van der Waals surface area contributed by atoms with Crippen LogP contribution in [0.15, 0.2) is 60.9 Å². The van der Waals surface area contributed by atoms with Crippen molar-refractivity contribution in [2.75, 3.05) is 20.2 Å². The number of ether oxygens (including phenoxy) is 1. The van der Waals surface area contributed by atoms with E-state index in [1.807, 2.05) is 55.6 Å². The van der Waals surface area contributed by atoms with E-state index >= 15 is 0 Å². The molecule has 4 rings (SSSR count). The molecule has 3 heterocycles. The topological polar surface area (TPSA) is 67.3 Å². The summed E-state index contributed by atoms with van der Waals surface area (Å²) in [5.41, 5.74) is 4.73. The molecular formula is C26H30N4O2. The predicted octanol–water partition coefficient (Wildman–Crippen LogP) is 4.10. The zero-order valence-electron chi connectivity index (χ0n) is 18.8. The van der Waals surface area contributed by atoms with Gasteiger partial charge in [-0.2, -0.15) is 0 Å². The Morgan fingerprint density at radius 2 is 1.94 bits per heavy atom. The molecular weight excluding hydrogens is 400 g/mol. The van der Waals surface area contributed by atoms with Gasteiger partial charge in [0.05, 0.1) is 18.4 Å². The van der Waals surface area contributed by atoms with Gasteiger partial charge in [0, 0.05) is 42.7 Å². The van der Waals surface area contributed by atoms with Crippen LogP contribution < -0.4 is 10.1 Å². The minimum Gasteiger partial charge on any atom is -0.496 e. The van der Waals surface area contributed by atoms with Crippen LogP contribution in [0.5, 0.6) is 5.75 Å². The first-order chi connectivity index (χ1) is 15.6. The lowest BCUT2D eigenvalue weighted by Gasteiger charge is -2.32. The molecule has 0 atom stereocenters. The van der Waals surface area contributed by atoms with Gasteiger partial charge in [-0.15, -0.1) is 0 Å². The molecule has 0 spiro atoms. The Morgan fingerprint density at radius 1 is 1.12 bits per heavy atom. The number of aryl methyl sites for hydroxylation is 1. The number of rotatable bonds is 7. The number of para-hydroxylation sites is 1. The van der Waals surface area contributed by atoms with E-state index in [4.69, 9.17) is 9.72 Å². The Morgan fingerprint density at radius 3 is 2.69 bits per heavy atom. The number of carbonyl (C=O) groups excluding carboxylic acids is 1.